The molecule has 7 heteroatoms. The summed E-state index contributed by atoms with van der Waals surface area (Å²) in [5.41, 5.74) is 0.822. The number of hydrogen-bond donors (Lipinski definition) is 3. The van der Waals surface area contributed by atoms with Crippen LogP contribution in [0.4, 0.5) is 16.2 Å². The van der Waals surface area contributed by atoms with Crippen molar-refractivity contribution < 1.29 is 14.7 Å². The number of carboxylic acid groups (broad SMARTS) is 1. The second-order valence-corrected chi connectivity index (χ2v) is 3.59. The maximum Gasteiger partial charge on any atom is 0.337 e. The van der Waals surface area contributed by atoms with Gasteiger partial charge in [-0.2, -0.15) is 0 Å². The minimum absolute atomic E-state index is 0.000761. The molecule has 0 aromatic carbocycles. The third-order valence-corrected chi connectivity index (χ3v) is 2.16. The standard InChI is InChI=1S/C12H10N4O3/c17-11(18)8-4-10(7-14-5-8)16-12(19)15-9-2-1-3-13-6-9/h1-7H,(H,17,18)(H2,15,16,19). The number of amides is 2. The lowest BCUT2D eigenvalue weighted by molar-refractivity contribution is 0.0696. The van der Waals surface area contributed by atoms with Crippen LogP contribution in [0.25, 0.3) is 0 Å². The van der Waals surface area contributed by atoms with Gasteiger partial charge in [0.2, 0.25) is 0 Å². The highest BCUT2D eigenvalue weighted by atomic mass is 16.4. The Labute approximate surface area is 108 Å². The summed E-state index contributed by atoms with van der Waals surface area (Å²) in [6.45, 7) is 0. The van der Waals surface area contributed by atoms with Gasteiger partial charge in [0, 0.05) is 12.4 Å². The van der Waals surface area contributed by atoms with Crippen LogP contribution in [0.5, 0.6) is 0 Å². The molecule has 0 aliphatic rings. The first-order valence-electron chi connectivity index (χ1n) is 5.31. The summed E-state index contributed by atoms with van der Waals surface area (Å²) in [5.74, 6) is -1.11. The van der Waals surface area contributed by atoms with E-state index in [-0.39, 0.29) is 5.56 Å². The fourth-order valence-corrected chi connectivity index (χ4v) is 1.36. The topological polar surface area (TPSA) is 104 Å². The summed E-state index contributed by atoms with van der Waals surface area (Å²) in [6, 6.07) is 4.18. The summed E-state index contributed by atoms with van der Waals surface area (Å²) in [7, 11) is 0. The largest absolute Gasteiger partial charge is 0.478 e. The van der Waals surface area contributed by atoms with Gasteiger partial charge in [-0.05, 0) is 18.2 Å². The van der Waals surface area contributed by atoms with Crippen molar-refractivity contribution in [2.45, 2.75) is 0 Å². The van der Waals surface area contributed by atoms with Crippen LogP contribution in [0.3, 0.4) is 0 Å². The van der Waals surface area contributed by atoms with Crippen molar-refractivity contribution in [2.24, 2.45) is 0 Å². The molecule has 0 radical (unpaired) electrons. The van der Waals surface area contributed by atoms with Crippen LogP contribution in [0.2, 0.25) is 0 Å². The van der Waals surface area contributed by atoms with Gasteiger partial charge in [-0.3, -0.25) is 9.97 Å². The van der Waals surface area contributed by atoms with Crippen molar-refractivity contribution >= 4 is 23.4 Å². The van der Waals surface area contributed by atoms with Crippen LogP contribution in [0.1, 0.15) is 10.4 Å². The molecule has 2 amide bonds. The average molecular weight is 258 g/mol. The lowest BCUT2D eigenvalue weighted by Gasteiger charge is -2.07. The van der Waals surface area contributed by atoms with Crippen LogP contribution in [-0.4, -0.2) is 27.1 Å². The molecule has 0 bridgehead atoms. The fraction of sp³-hybridized carbons (Fsp3) is 0. The van der Waals surface area contributed by atoms with Crippen molar-refractivity contribution in [3.63, 3.8) is 0 Å². The van der Waals surface area contributed by atoms with Crippen LogP contribution in [0.15, 0.2) is 43.0 Å². The Morgan fingerprint density at radius 2 is 1.79 bits per heavy atom. The van der Waals surface area contributed by atoms with Crippen molar-refractivity contribution in [3.05, 3.63) is 48.5 Å². The summed E-state index contributed by atoms with van der Waals surface area (Å²) in [5, 5.41) is 13.8. The molecule has 0 saturated heterocycles. The van der Waals surface area contributed by atoms with Crippen LogP contribution >= 0.6 is 0 Å². The maximum atomic E-state index is 11.6. The summed E-state index contributed by atoms with van der Waals surface area (Å²) < 4.78 is 0. The molecular weight excluding hydrogens is 248 g/mol. The SMILES string of the molecule is O=C(Nc1cccnc1)Nc1cncc(C(=O)O)c1. The van der Waals surface area contributed by atoms with Crippen molar-refractivity contribution in [1.29, 1.82) is 0 Å². The van der Waals surface area contributed by atoms with E-state index in [9.17, 15) is 9.59 Å². The van der Waals surface area contributed by atoms with Crippen molar-refractivity contribution in [1.82, 2.24) is 9.97 Å². The van der Waals surface area contributed by atoms with Crippen LogP contribution in [-0.2, 0) is 0 Å². The normalized spacial score (nSPS) is 9.68. The van der Waals surface area contributed by atoms with E-state index in [4.69, 9.17) is 5.11 Å². The molecule has 0 aliphatic heterocycles. The van der Waals surface area contributed by atoms with Gasteiger partial charge >= 0.3 is 12.0 Å². The molecule has 2 aromatic heterocycles. The molecule has 0 fully saturated rings. The van der Waals surface area contributed by atoms with E-state index in [2.05, 4.69) is 20.6 Å². The van der Waals surface area contributed by atoms with Gasteiger partial charge in [0.1, 0.15) is 0 Å². The van der Waals surface area contributed by atoms with Gasteiger partial charge in [0.15, 0.2) is 0 Å². The average Bonchev–Trinajstić information content (AvgIpc) is 2.40. The van der Waals surface area contributed by atoms with Gasteiger partial charge in [-0.15, -0.1) is 0 Å². The molecule has 0 atom stereocenters. The quantitative estimate of drug-likeness (QED) is 0.778. The predicted octanol–water partition coefficient (Wildman–Crippen LogP) is 1.82. The fourth-order valence-electron chi connectivity index (χ4n) is 1.36. The van der Waals surface area contributed by atoms with Gasteiger partial charge in [-0.25, -0.2) is 9.59 Å². The summed E-state index contributed by atoms with van der Waals surface area (Å²) in [4.78, 5) is 30.0. The van der Waals surface area contributed by atoms with E-state index in [1.807, 2.05) is 0 Å². The Bertz CT molecular complexity index is 601. The second kappa shape index (κ2) is 5.58. The molecular formula is C12H10N4O3. The molecule has 2 aromatic rings. The third-order valence-electron chi connectivity index (χ3n) is 2.16. The number of nitrogens with zero attached hydrogens (tertiary/aromatic N) is 2. The molecule has 2 rings (SSSR count). The van der Waals surface area contributed by atoms with E-state index in [0.29, 0.717) is 11.4 Å². The van der Waals surface area contributed by atoms with Gasteiger partial charge in [-0.1, -0.05) is 0 Å². The number of carbonyl (C=O) groups excluding carboxylic acids is 1. The summed E-state index contributed by atoms with van der Waals surface area (Å²) in [6.07, 6.45) is 5.64. The Kier molecular flexibility index (Phi) is 3.67. The van der Waals surface area contributed by atoms with E-state index >= 15 is 0 Å². The number of carboxylic acids is 1. The van der Waals surface area contributed by atoms with E-state index in [1.165, 1.54) is 24.7 Å². The molecule has 2 heterocycles. The smallest absolute Gasteiger partial charge is 0.337 e. The molecule has 96 valence electrons. The molecule has 3 N–H and O–H groups in total. The molecule has 0 spiro atoms. The molecule has 7 nitrogen and oxygen atoms in total. The van der Waals surface area contributed by atoms with E-state index in [1.54, 1.807) is 18.3 Å². The molecule has 0 unspecified atom stereocenters. The Morgan fingerprint density at radius 1 is 1.05 bits per heavy atom. The maximum absolute atomic E-state index is 11.6. The minimum Gasteiger partial charge on any atom is -0.478 e. The lowest BCUT2D eigenvalue weighted by Crippen LogP contribution is -2.19. The molecule has 19 heavy (non-hydrogen) atoms. The van der Waals surface area contributed by atoms with Crippen LogP contribution < -0.4 is 10.6 Å². The number of carbonyl (C=O) groups is 2. The first-order valence-corrected chi connectivity index (χ1v) is 5.31. The van der Waals surface area contributed by atoms with Gasteiger partial charge in [0.05, 0.1) is 29.3 Å². The predicted molar refractivity (Wildman–Crippen MR) is 68.1 cm³/mol. The van der Waals surface area contributed by atoms with Crippen LogP contribution in [0, 0.1) is 0 Å². The number of urea groups is 1. The second-order valence-electron chi connectivity index (χ2n) is 3.59. The Hall–Kier alpha value is -2.96. The zero-order valence-corrected chi connectivity index (χ0v) is 9.70. The first kappa shape index (κ1) is 12.5. The number of anilines is 2. The Balaban J connectivity index is 2.03. The lowest BCUT2D eigenvalue weighted by atomic mass is 10.2. The monoisotopic (exact) mass is 258 g/mol. The number of hydrogen-bond acceptors (Lipinski definition) is 4. The van der Waals surface area contributed by atoms with Gasteiger partial charge in [0.25, 0.3) is 0 Å². The number of aromatic carboxylic acids is 1. The highest BCUT2D eigenvalue weighted by Crippen LogP contribution is 2.09. The highest BCUT2D eigenvalue weighted by Gasteiger charge is 2.07. The van der Waals surface area contributed by atoms with E-state index in [0.717, 1.165) is 0 Å². The van der Waals surface area contributed by atoms with Crippen molar-refractivity contribution in [3.8, 4) is 0 Å². The number of aromatic nitrogens is 2. The molecule has 0 aliphatic carbocycles. The highest BCUT2D eigenvalue weighted by molar-refractivity contribution is 6.00. The van der Waals surface area contributed by atoms with Gasteiger partial charge < -0.3 is 15.7 Å². The third kappa shape index (κ3) is 3.50. The minimum atomic E-state index is -1.11. The Morgan fingerprint density at radius 3 is 2.47 bits per heavy atom. The van der Waals surface area contributed by atoms with E-state index < -0.39 is 12.0 Å². The summed E-state index contributed by atoms with van der Waals surface area (Å²) >= 11 is 0. The number of rotatable bonds is 3. The van der Waals surface area contributed by atoms with Crippen molar-refractivity contribution in [2.75, 3.05) is 10.6 Å². The number of nitrogens with one attached hydrogen (secondary N) is 2. The number of pyridine rings is 2. The zero-order valence-electron chi connectivity index (χ0n) is 9.70. The molecule has 0 saturated carbocycles. The zero-order chi connectivity index (χ0) is 13.7. The first-order chi connectivity index (χ1) is 9.15.